The van der Waals surface area contributed by atoms with Crippen molar-refractivity contribution in [3.63, 3.8) is 0 Å². The first kappa shape index (κ1) is 23.4. The molecule has 32 heavy (non-hydrogen) atoms. The number of benzene rings is 2. The van der Waals surface area contributed by atoms with Crippen LogP contribution in [0.15, 0.2) is 41.3 Å². The zero-order valence-corrected chi connectivity index (χ0v) is 19.1. The van der Waals surface area contributed by atoms with Crippen molar-refractivity contribution in [1.29, 1.82) is 0 Å². The molecule has 0 aromatic heterocycles. The smallest absolute Gasteiger partial charge is 0.265 e. The van der Waals surface area contributed by atoms with E-state index in [2.05, 4.69) is 10.0 Å². The second-order valence-corrected chi connectivity index (χ2v) is 9.07. The fourth-order valence-corrected chi connectivity index (χ4v) is 4.77. The number of anilines is 2. The Morgan fingerprint density at radius 1 is 0.938 bits per heavy atom. The number of sulfonamides is 1. The molecule has 1 saturated heterocycles. The van der Waals surface area contributed by atoms with Gasteiger partial charge in [-0.2, -0.15) is 0 Å². The van der Waals surface area contributed by atoms with Crippen LogP contribution in [0.3, 0.4) is 0 Å². The maximum absolute atomic E-state index is 13.1. The highest BCUT2D eigenvalue weighted by Crippen LogP contribution is 2.36. The molecule has 2 amide bonds. The number of likely N-dealkylation sites (tertiary alicyclic amines) is 1. The Bertz CT molecular complexity index is 1090. The van der Waals surface area contributed by atoms with Gasteiger partial charge >= 0.3 is 0 Å². The fourth-order valence-electron chi connectivity index (χ4n) is 3.54. The molecule has 1 aliphatic heterocycles. The number of hydrogen-bond donors (Lipinski definition) is 2. The van der Waals surface area contributed by atoms with Gasteiger partial charge in [-0.3, -0.25) is 14.3 Å². The maximum atomic E-state index is 13.1. The van der Waals surface area contributed by atoms with Crippen LogP contribution in [0, 0.1) is 0 Å². The highest BCUT2D eigenvalue weighted by molar-refractivity contribution is 7.92. The molecule has 0 saturated carbocycles. The molecule has 10 heteroatoms. The highest BCUT2D eigenvalue weighted by atomic mass is 32.2. The molecule has 0 aliphatic carbocycles. The lowest BCUT2D eigenvalue weighted by atomic mass is 10.1. The van der Waals surface area contributed by atoms with E-state index >= 15 is 0 Å². The molecule has 0 bridgehead atoms. The van der Waals surface area contributed by atoms with Crippen LogP contribution in [0.5, 0.6) is 11.5 Å². The normalized spacial score (nSPS) is 13.9. The van der Waals surface area contributed by atoms with Crippen molar-refractivity contribution in [1.82, 2.24) is 4.90 Å². The number of methoxy groups -OCH3 is 2. The first-order chi connectivity index (χ1) is 15.2. The number of hydrogen-bond acceptors (Lipinski definition) is 6. The van der Waals surface area contributed by atoms with Crippen molar-refractivity contribution in [2.75, 3.05) is 37.3 Å². The monoisotopic (exact) mass is 461 g/mol. The summed E-state index contributed by atoms with van der Waals surface area (Å²) >= 11 is 0. The number of nitrogens with zero attached hydrogens (tertiary/aromatic N) is 1. The zero-order valence-electron chi connectivity index (χ0n) is 18.3. The Hall–Kier alpha value is -3.27. The minimum atomic E-state index is -4.07. The molecule has 2 N–H and O–H groups in total. The van der Waals surface area contributed by atoms with Crippen LogP contribution < -0.4 is 19.5 Å². The van der Waals surface area contributed by atoms with E-state index in [1.54, 1.807) is 24.3 Å². The predicted molar refractivity (Wildman–Crippen MR) is 121 cm³/mol. The average molecular weight is 462 g/mol. The molecule has 1 heterocycles. The lowest BCUT2D eigenvalue weighted by Crippen LogP contribution is -2.35. The van der Waals surface area contributed by atoms with Crippen molar-refractivity contribution in [3.8, 4) is 11.5 Å². The summed E-state index contributed by atoms with van der Waals surface area (Å²) in [6.07, 6.45) is 3.12. The molecule has 2 aromatic carbocycles. The summed E-state index contributed by atoms with van der Waals surface area (Å²) < 4.78 is 39.1. The van der Waals surface area contributed by atoms with E-state index in [0.29, 0.717) is 11.3 Å². The zero-order chi connectivity index (χ0) is 23.3. The molecule has 1 aliphatic rings. The van der Waals surface area contributed by atoms with Crippen molar-refractivity contribution in [2.45, 2.75) is 31.1 Å². The number of carbonyl (C=O) groups excluding carboxylic acids is 2. The summed E-state index contributed by atoms with van der Waals surface area (Å²) in [5.74, 6) is -0.119. The number of ether oxygens (including phenoxy) is 2. The van der Waals surface area contributed by atoms with E-state index in [9.17, 15) is 18.0 Å². The molecule has 0 spiro atoms. The van der Waals surface area contributed by atoms with Crippen LogP contribution in [-0.4, -0.2) is 52.4 Å². The number of amides is 2. The van der Waals surface area contributed by atoms with Crippen LogP contribution in [0.4, 0.5) is 11.4 Å². The van der Waals surface area contributed by atoms with E-state index < -0.39 is 10.0 Å². The Morgan fingerprint density at radius 3 is 2.12 bits per heavy atom. The van der Waals surface area contributed by atoms with Gasteiger partial charge in [-0.05, 0) is 49.6 Å². The second-order valence-electron chi connectivity index (χ2n) is 7.42. The molecular weight excluding hydrogens is 434 g/mol. The lowest BCUT2D eigenvalue weighted by molar-refractivity contribution is -0.114. The van der Waals surface area contributed by atoms with Gasteiger partial charge in [0.1, 0.15) is 16.4 Å². The minimum Gasteiger partial charge on any atom is -0.495 e. The van der Waals surface area contributed by atoms with Crippen LogP contribution in [0.1, 0.15) is 36.5 Å². The number of rotatable bonds is 7. The lowest BCUT2D eigenvalue weighted by Gasteiger charge is -2.26. The van der Waals surface area contributed by atoms with Gasteiger partial charge in [0.25, 0.3) is 15.9 Å². The van der Waals surface area contributed by atoms with Gasteiger partial charge < -0.3 is 19.7 Å². The Labute approximate surface area is 187 Å². The van der Waals surface area contributed by atoms with Crippen LogP contribution in [0.2, 0.25) is 0 Å². The molecule has 0 unspecified atom stereocenters. The van der Waals surface area contributed by atoms with E-state index in [-0.39, 0.29) is 33.9 Å². The quantitative estimate of drug-likeness (QED) is 0.655. The van der Waals surface area contributed by atoms with Crippen molar-refractivity contribution in [2.24, 2.45) is 0 Å². The van der Waals surface area contributed by atoms with Gasteiger partial charge in [-0.1, -0.05) is 0 Å². The summed E-state index contributed by atoms with van der Waals surface area (Å²) in [4.78, 5) is 25.8. The number of piperidine rings is 1. The second kappa shape index (κ2) is 9.90. The van der Waals surface area contributed by atoms with Gasteiger partial charge in [0.05, 0.1) is 19.9 Å². The van der Waals surface area contributed by atoms with Gasteiger partial charge in [0.15, 0.2) is 0 Å². The molecule has 172 valence electrons. The summed E-state index contributed by atoms with van der Waals surface area (Å²) in [5, 5.41) is 2.55. The molecule has 2 aromatic rings. The van der Waals surface area contributed by atoms with E-state index in [0.717, 1.165) is 32.4 Å². The largest absolute Gasteiger partial charge is 0.495 e. The third-order valence-corrected chi connectivity index (χ3v) is 6.52. The van der Waals surface area contributed by atoms with E-state index in [1.165, 1.54) is 33.3 Å². The fraction of sp³-hybridized carbons (Fsp3) is 0.364. The Balaban J connectivity index is 1.85. The van der Waals surface area contributed by atoms with E-state index in [4.69, 9.17) is 9.47 Å². The highest BCUT2D eigenvalue weighted by Gasteiger charge is 2.24. The topological polar surface area (TPSA) is 114 Å². The van der Waals surface area contributed by atoms with Gasteiger partial charge in [0, 0.05) is 37.3 Å². The standard InChI is InChI=1S/C22H27N3O6S/c1-15(26)23-18-13-21(20(31-3)14-19(18)30-2)32(28,29)24-17-9-7-16(8-10-17)22(27)25-11-5-4-6-12-25/h7-10,13-14,24H,4-6,11-12H2,1-3H3,(H,23,26). The SMILES string of the molecule is COc1cc(OC)c(S(=O)(=O)Nc2ccc(C(=O)N3CCCCC3)cc2)cc1NC(C)=O. The molecule has 1 fully saturated rings. The average Bonchev–Trinajstić information content (AvgIpc) is 2.78. The van der Waals surface area contributed by atoms with Crippen molar-refractivity contribution in [3.05, 3.63) is 42.0 Å². The van der Waals surface area contributed by atoms with Crippen LogP contribution in [-0.2, 0) is 14.8 Å². The van der Waals surface area contributed by atoms with Crippen molar-refractivity contribution < 1.29 is 27.5 Å². The van der Waals surface area contributed by atoms with Crippen LogP contribution >= 0.6 is 0 Å². The summed E-state index contributed by atoms with van der Waals surface area (Å²) in [5.41, 5.74) is 0.993. The summed E-state index contributed by atoms with van der Waals surface area (Å²) in [6.45, 7) is 2.78. The summed E-state index contributed by atoms with van der Waals surface area (Å²) in [6, 6.07) is 8.94. The molecule has 9 nitrogen and oxygen atoms in total. The third kappa shape index (κ3) is 5.31. The minimum absolute atomic E-state index is 0.0559. The first-order valence-corrected chi connectivity index (χ1v) is 11.7. The molecule has 3 rings (SSSR count). The van der Waals surface area contributed by atoms with Gasteiger partial charge in [-0.25, -0.2) is 8.42 Å². The number of nitrogens with one attached hydrogen (secondary N) is 2. The molecule has 0 atom stereocenters. The van der Waals surface area contributed by atoms with Crippen LogP contribution in [0.25, 0.3) is 0 Å². The van der Waals surface area contributed by atoms with Gasteiger partial charge in [0.2, 0.25) is 5.91 Å². The first-order valence-electron chi connectivity index (χ1n) is 10.2. The maximum Gasteiger partial charge on any atom is 0.265 e. The Kier molecular flexibility index (Phi) is 7.24. The molecular formula is C22H27N3O6S. The predicted octanol–water partition coefficient (Wildman–Crippen LogP) is 3.09. The Morgan fingerprint density at radius 2 is 1.56 bits per heavy atom. The van der Waals surface area contributed by atoms with Crippen molar-refractivity contribution >= 4 is 33.2 Å². The van der Waals surface area contributed by atoms with Gasteiger partial charge in [-0.15, -0.1) is 0 Å². The number of carbonyl (C=O) groups is 2. The third-order valence-electron chi connectivity index (χ3n) is 5.11. The summed E-state index contributed by atoms with van der Waals surface area (Å²) in [7, 11) is -1.33. The molecule has 0 radical (unpaired) electrons. The van der Waals surface area contributed by atoms with E-state index in [1.807, 2.05) is 4.90 Å².